The molecule has 1 N–H and O–H groups in total. The van der Waals surface area contributed by atoms with Crippen LogP contribution in [-0.4, -0.2) is 60.9 Å². The van der Waals surface area contributed by atoms with E-state index in [0.29, 0.717) is 12.5 Å². The van der Waals surface area contributed by atoms with E-state index in [1.165, 1.54) is 65.3 Å². The number of hydrogen-bond donors (Lipinski definition) is 1. The van der Waals surface area contributed by atoms with E-state index in [2.05, 4.69) is 69.5 Å². The van der Waals surface area contributed by atoms with E-state index in [9.17, 15) is 0 Å². The van der Waals surface area contributed by atoms with Crippen LogP contribution in [0.5, 0.6) is 11.5 Å². The molecule has 2 aromatic carbocycles. The van der Waals surface area contributed by atoms with Crippen LogP contribution < -0.4 is 9.47 Å². The molecule has 216 valence electrons. The lowest BCUT2D eigenvalue weighted by Gasteiger charge is -2.48. The van der Waals surface area contributed by atoms with Gasteiger partial charge in [-0.2, -0.15) is 0 Å². The third-order valence-corrected chi connectivity index (χ3v) is 9.48. The van der Waals surface area contributed by atoms with Crippen molar-refractivity contribution in [1.82, 2.24) is 14.8 Å². The number of ether oxygens (including phenoxy) is 3. The quantitative estimate of drug-likeness (QED) is 0.300. The number of piperidine rings is 1. The van der Waals surface area contributed by atoms with E-state index in [0.717, 1.165) is 57.0 Å². The maximum absolute atomic E-state index is 6.30. The molecule has 2 fully saturated rings. The van der Waals surface area contributed by atoms with E-state index in [1.807, 2.05) is 6.26 Å². The molecule has 1 aromatic heterocycles. The molecule has 1 saturated carbocycles. The Labute approximate surface area is 244 Å². The number of H-pyrrole nitrogens is 1. The van der Waals surface area contributed by atoms with Gasteiger partial charge in [-0.25, -0.2) is 0 Å². The molecular weight excluding hydrogens is 510 g/mol. The van der Waals surface area contributed by atoms with E-state index in [4.69, 9.17) is 14.2 Å². The molecule has 7 rings (SSSR count). The number of nitrogens with one attached hydrogen (secondary N) is 1. The van der Waals surface area contributed by atoms with Crippen molar-refractivity contribution in [1.29, 1.82) is 0 Å². The van der Waals surface area contributed by atoms with Crippen molar-refractivity contribution in [2.45, 2.75) is 63.6 Å². The molecule has 4 heterocycles. The fraction of sp³-hybridized carbons (Fsp3) is 0.486. The summed E-state index contributed by atoms with van der Waals surface area (Å²) in [6.45, 7) is 4.76. The Balaban J connectivity index is 1.26. The van der Waals surface area contributed by atoms with Crippen molar-refractivity contribution in [3.05, 3.63) is 83.3 Å². The van der Waals surface area contributed by atoms with Gasteiger partial charge in [0.15, 0.2) is 11.5 Å². The molecule has 0 amide bonds. The second kappa shape index (κ2) is 11.9. The smallest absolute Gasteiger partial charge is 0.161 e. The number of methoxy groups -OCH3 is 1. The lowest BCUT2D eigenvalue weighted by molar-refractivity contribution is 0.0154. The van der Waals surface area contributed by atoms with E-state index < -0.39 is 0 Å². The average molecular weight is 554 g/mol. The first-order chi connectivity index (χ1) is 20.3. The van der Waals surface area contributed by atoms with Crippen molar-refractivity contribution in [3.63, 3.8) is 0 Å². The molecule has 0 radical (unpaired) electrons. The van der Waals surface area contributed by atoms with Gasteiger partial charge in [0.1, 0.15) is 6.61 Å². The zero-order chi connectivity index (χ0) is 27.6. The number of hydrogen-bond acceptors (Lipinski definition) is 5. The highest BCUT2D eigenvalue weighted by Gasteiger charge is 2.38. The van der Waals surface area contributed by atoms with Gasteiger partial charge in [-0.3, -0.25) is 9.80 Å². The van der Waals surface area contributed by atoms with Crippen LogP contribution in [0, 0.1) is 5.92 Å². The maximum Gasteiger partial charge on any atom is 0.161 e. The zero-order valence-corrected chi connectivity index (χ0v) is 24.3. The van der Waals surface area contributed by atoms with Gasteiger partial charge in [-0.15, -0.1) is 0 Å². The van der Waals surface area contributed by atoms with Crippen LogP contribution in [0.4, 0.5) is 0 Å². The van der Waals surface area contributed by atoms with Gasteiger partial charge in [-0.05, 0) is 117 Å². The highest BCUT2D eigenvalue weighted by atomic mass is 16.5. The Morgan fingerprint density at radius 2 is 1.93 bits per heavy atom. The minimum Gasteiger partial charge on any atom is -0.497 e. The van der Waals surface area contributed by atoms with Crippen LogP contribution in [0.1, 0.15) is 61.3 Å². The summed E-state index contributed by atoms with van der Waals surface area (Å²) in [5.74, 6) is 2.48. The topological polar surface area (TPSA) is 50.0 Å². The first-order valence-corrected chi connectivity index (χ1v) is 15.6. The van der Waals surface area contributed by atoms with E-state index >= 15 is 0 Å². The molecule has 0 bridgehead atoms. The maximum atomic E-state index is 6.30. The zero-order valence-electron chi connectivity index (χ0n) is 24.3. The predicted octanol–water partition coefficient (Wildman–Crippen LogP) is 6.78. The fourth-order valence-electron chi connectivity index (χ4n) is 7.10. The number of fused-ring (bicyclic) bond motifs is 2. The van der Waals surface area contributed by atoms with Gasteiger partial charge in [0.25, 0.3) is 0 Å². The van der Waals surface area contributed by atoms with Crippen LogP contribution >= 0.6 is 0 Å². The Bertz CT molecular complexity index is 1420. The lowest BCUT2D eigenvalue weighted by Crippen LogP contribution is -2.54. The second-order valence-electron chi connectivity index (χ2n) is 12.2. The number of rotatable bonds is 10. The van der Waals surface area contributed by atoms with Crippen molar-refractivity contribution in [3.8, 4) is 11.5 Å². The number of aromatic nitrogens is 1. The Hall–Kier alpha value is -3.22. The van der Waals surface area contributed by atoms with Crippen LogP contribution in [0.2, 0.25) is 0 Å². The summed E-state index contributed by atoms with van der Waals surface area (Å²) in [6, 6.07) is 13.5. The number of aryl methyl sites for hydroxylation is 1. The molecule has 2 unspecified atom stereocenters. The average Bonchev–Trinajstić information content (AvgIpc) is 3.78. The molecule has 41 heavy (non-hydrogen) atoms. The van der Waals surface area contributed by atoms with Gasteiger partial charge in [0.2, 0.25) is 0 Å². The van der Waals surface area contributed by atoms with Crippen LogP contribution in [-0.2, 0) is 17.6 Å². The van der Waals surface area contributed by atoms with Gasteiger partial charge in [0.05, 0.1) is 26.1 Å². The molecule has 3 aromatic rings. The molecule has 6 nitrogen and oxygen atoms in total. The number of benzene rings is 2. The predicted molar refractivity (Wildman–Crippen MR) is 163 cm³/mol. The van der Waals surface area contributed by atoms with Gasteiger partial charge in [-0.1, -0.05) is 24.6 Å². The number of likely N-dealkylation sites (tertiary alicyclic amines) is 1. The fourth-order valence-corrected chi connectivity index (χ4v) is 7.10. The number of para-hydroxylation sites is 1. The summed E-state index contributed by atoms with van der Waals surface area (Å²) in [5.41, 5.74) is 6.78. The van der Waals surface area contributed by atoms with Crippen LogP contribution in [0.3, 0.4) is 0 Å². The van der Waals surface area contributed by atoms with Crippen LogP contribution in [0.25, 0.3) is 10.9 Å². The second-order valence-corrected chi connectivity index (χ2v) is 12.2. The summed E-state index contributed by atoms with van der Waals surface area (Å²) in [5, 5.41) is 1.33. The van der Waals surface area contributed by atoms with Crippen molar-refractivity contribution < 1.29 is 14.2 Å². The molecule has 1 aliphatic carbocycles. The number of nitrogens with zero attached hydrogens (tertiary/aromatic N) is 2. The summed E-state index contributed by atoms with van der Waals surface area (Å²) >= 11 is 0. The minimum absolute atomic E-state index is 0.244. The van der Waals surface area contributed by atoms with Crippen LogP contribution in [0.15, 0.2) is 66.6 Å². The minimum atomic E-state index is 0.244. The molecule has 3 aliphatic heterocycles. The van der Waals surface area contributed by atoms with Crippen molar-refractivity contribution in [2.75, 3.05) is 40.0 Å². The van der Waals surface area contributed by atoms with Gasteiger partial charge in [0, 0.05) is 29.7 Å². The highest BCUT2D eigenvalue weighted by molar-refractivity contribution is 5.83. The SMILES string of the molecule is COc1cc2c(cc1OCC1CC1)CCN(C(C1=CCOC=C1)N1CCCCC1)C2CCc1c[nH]c2ccccc12. The largest absolute Gasteiger partial charge is 0.497 e. The summed E-state index contributed by atoms with van der Waals surface area (Å²) in [4.78, 5) is 9.00. The lowest BCUT2D eigenvalue weighted by atomic mass is 9.87. The Morgan fingerprint density at radius 1 is 1.05 bits per heavy atom. The highest BCUT2D eigenvalue weighted by Crippen LogP contribution is 2.43. The Morgan fingerprint density at radius 3 is 2.73 bits per heavy atom. The molecule has 2 atom stereocenters. The summed E-state index contributed by atoms with van der Waals surface area (Å²) < 4.78 is 17.9. The molecule has 6 heteroatoms. The van der Waals surface area contributed by atoms with Crippen molar-refractivity contribution in [2.24, 2.45) is 5.92 Å². The summed E-state index contributed by atoms with van der Waals surface area (Å²) in [6.07, 6.45) is 18.3. The van der Waals surface area contributed by atoms with Gasteiger partial charge >= 0.3 is 0 Å². The van der Waals surface area contributed by atoms with E-state index in [1.54, 1.807) is 7.11 Å². The Kier molecular flexibility index (Phi) is 7.77. The third kappa shape index (κ3) is 5.64. The normalized spacial score (nSPS) is 22.2. The molecular formula is C35H43N3O3. The number of aromatic amines is 1. The molecule has 4 aliphatic rings. The van der Waals surface area contributed by atoms with Crippen molar-refractivity contribution >= 4 is 10.9 Å². The first-order valence-electron chi connectivity index (χ1n) is 15.6. The molecule has 1 saturated heterocycles. The summed E-state index contributed by atoms with van der Waals surface area (Å²) in [7, 11) is 1.78. The first kappa shape index (κ1) is 26.7. The standard InChI is InChI=1S/C35H43N3O3/c1-39-33-22-30-27(21-34(33)41-24-25-9-10-25)13-18-38(32(30)12-11-28-23-36-31-8-4-3-7-29(28)31)35(26-14-19-40-20-15-26)37-16-5-2-6-17-37/h3-4,7-8,14-15,19,21-23,25,32,35-36H,2,5-6,9-13,16-18,20,24H2,1H3. The third-order valence-electron chi connectivity index (χ3n) is 9.48. The van der Waals surface area contributed by atoms with Gasteiger partial charge < -0.3 is 19.2 Å². The molecule has 0 spiro atoms. The van der Waals surface area contributed by atoms with E-state index in [-0.39, 0.29) is 12.2 Å². The monoisotopic (exact) mass is 553 g/mol.